The Labute approximate surface area is 256 Å². The summed E-state index contributed by atoms with van der Waals surface area (Å²) in [5, 5.41) is 6.25. The van der Waals surface area contributed by atoms with E-state index in [1.54, 1.807) is 0 Å². The highest BCUT2D eigenvalue weighted by molar-refractivity contribution is 6.30. The summed E-state index contributed by atoms with van der Waals surface area (Å²) in [5.74, 6) is -0.654. The first-order chi connectivity index (χ1) is 20.7. The van der Waals surface area contributed by atoms with Crippen LogP contribution in [0, 0.1) is 11.3 Å². The van der Waals surface area contributed by atoms with Gasteiger partial charge in [0, 0.05) is 21.5 Å². The maximum Gasteiger partial charge on any atom is 0.339 e. The first-order valence-corrected chi connectivity index (χ1v) is 14.9. The van der Waals surface area contributed by atoms with Crippen molar-refractivity contribution in [1.82, 2.24) is 4.98 Å². The molecule has 0 saturated carbocycles. The molecule has 0 radical (unpaired) electrons. The number of esters is 1. The van der Waals surface area contributed by atoms with Crippen molar-refractivity contribution in [2.24, 2.45) is 11.3 Å². The van der Waals surface area contributed by atoms with Gasteiger partial charge in [0.1, 0.15) is 0 Å². The molecule has 1 amide bonds. The van der Waals surface area contributed by atoms with Crippen molar-refractivity contribution < 1.29 is 14.3 Å². The van der Waals surface area contributed by atoms with Gasteiger partial charge < -0.3 is 10.1 Å². The lowest BCUT2D eigenvalue weighted by atomic mass is 9.69. The van der Waals surface area contributed by atoms with Crippen molar-refractivity contribution in [1.29, 1.82) is 0 Å². The average Bonchev–Trinajstić information content (AvgIpc) is 2.99. The van der Waals surface area contributed by atoms with Crippen molar-refractivity contribution in [2.45, 2.75) is 33.6 Å². The first-order valence-electron chi connectivity index (χ1n) is 14.5. The predicted molar refractivity (Wildman–Crippen MR) is 175 cm³/mol. The fraction of sp³-hybridized carbons (Fsp3) is 0.216. The fourth-order valence-corrected chi connectivity index (χ4v) is 5.98. The minimum Gasteiger partial charge on any atom is -0.452 e. The van der Waals surface area contributed by atoms with E-state index in [9.17, 15) is 9.59 Å². The molecule has 5 nitrogen and oxygen atoms in total. The Kier molecular flexibility index (Phi) is 7.76. The van der Waals surface area contributed by atoms with Crippen LogP contribution in [0.15, 0.2) is 91.0 Å². The Morgan fingerprint density at radius 3 is 2.37 bits per heavy atom. The zero-order chi connectivity index (χ0) is 30.1. The molecule has 0 aliphatic heterocycles. The number of fused-ring (bicyclic) bond motifs is 3. The topological polar surface area (TPSA) is 68.3 Å². The number of rotatable bonds is 5. The van der Waals surface area contributed by atoms with Gasteiger partial charge in [0.15, 0.2) is 6.61 Å². The number of hydrogen-bond acceptors (Lipinski definition) is 4. The lowest BCUT2D eigenvalue weighted by Crippen LogP contribution is -2.29. The Morgan fingerprint density at radius 2 is 1.60 bits per heavy atom. The molecule has 5 aromatic rings. The number of nitrogens with zero attached hydrogens (tertiary/aromatic N) is 1. The van der Waals surface area contributed by atoms with Gasteiger partial charge in [-0.3, -0.25) is 4.79 Å². The van der Waals surface area contributed by atoms with Crippen LogP contribution in [-0.4, -0.2) is 23.5 Å². The zero-order valence-corrected chi connectivity index (χ0v) is 25.2. The number of carbonyl (C=O) groups excluding carboxylic acids is 2. The average molecular weight is 589 g/mol. The Morgan fingerprint density at radius 1 is 0.907 bits per heavy atom. The standard InChI is InChI=1S/C37H33ClN2O3/c1-37(2,3)26-20-25(19-23-15-17-27(38)18-16-23)35-30(21-26)34(29-12-6-7-13-32(29)40-35)36(42)43-22-33(41)39-31-14-8-10-24-9-4-5-11-28(24)31/h4-19,26H,20-22H2,1-3H3,(H,39,41)/b25-19-. The number of allylic oxidation sites excluding steroid dienone is 1. The van der Waals surface area contributed by atoms with Gasteiger partial charge in [0.25, 0.3) is 5.91 Å². The van der Waals surface area contributed by atoms with Crippen LogP contribution in [0.3, 0.4) is 0 Å². The van der Waals surface area contributed by atoms with E-state index < -0.39 is 18.5 Å². The van der Waals surface area contributed by atoms with Crippen molar-refractivity contribution in [3.63, 3.8) is 0 Å². The number of anilines is 1. The van der Waals surface area contributed by atoms with E-state index in [-0.39, 0.29) is 11.3 Å². The summed E-state index contributed by atoms with van der Waals surface area (Å²) in [5.41, 5.74) is 5.61. The highest BCUT2D eigenvalue weighted by Crippen LogP contribution is 2.45. The number of amides is 1. The van der Waals surface area contributed by atoms with E-state index in [1.807, 2.05) is 91.0 Å². The minimum atomic E-state index is -0.525. The van der Waals surface area contributed by atoms with Crippen molar-refractivity contribution in [3.8, 4) is 0 Å². The van der Waals surface area contributed by atoms with Crippen LogP contribution in [-0.2, 0) is 16.0 Å². The molecule has 4 aromatic carbocycles. The van der Waals surface area contributed by atoms with Gasteiger partial charge in [-0.25, -0.2) is 9.78 Å². The molecular weight excluding hydrogens is 556 g/mol. The van der Waals surface area contributed by atoms with Crippen molar-refractivity contribution in [3.05, 3.63) is 118 Å². The number of para-hydroxylation sites is 1. The number of halogens is 1. The molecule has 0 saturated heterocycles. The molecule has 216 valence electrons. The molecule has 0 spiro atoms. The molecule has 0 fully saturated rings. The predicted octanol–water partition coefficient (Wildman–Crippen LogP) is 8.99. The number of hydrogen-bond donors (Lipinski definition) is 1. The summed E-state index contributed by atoms with van der Waals surface area (Å²) in [7, 11) is 0. The molecule has 1 atom stereocenters. The number of ether oxygens (including phenoxy) is 1. The number of carbonyl (C=O) groups is 2. The van der Waals surface area contributed by atoms with Crippen molar-refractivity contribution >= 4 is 62.5 Å². The van der Waals surface area contributed by atoms with Crippen LogP contribution >= 0.6 is 11.6 Å². The molecule has 1 N–H and O–H groups in total. The fourth-order valence-electron chi connectivity index (χ4n) is 5.85. The van der Waals surface area contributed by atoms with Gasteiger partial charge in [0.05, 0.1) is 16.8 Å². The van der Waals surface area contributed by atoms with E-state index >= 15 is 0 Å². The monoisotopic (exact) mass is 588 g/mol. The van der Waals surface area contributed by atoms with Crippen LogP contribution in [0.25, 0.3) is 33.3 Å². The SMILES string of the molecule is CC(C)(C)C1C/C(=C/c2ccc(Cl)cc2)c2nc3ccccc3c(C(=O)OCC(=O)Nc3cccc4ccccc34)c2C1. The lowest BCUT2D eigenvalue weighted by Gasteiger charge is -2.36. The van der Waals surface area contributed by atoms with Crippen LogP contribution < -0.4 is 5.32 Å². The normalized spacial score (nSPS) is 15.8. The zero-order valence-electron chi connectivity index (χ0n) is 24.5. The number of aromatic nitrogens is 1. The van der Waals surface area contributed by atoms with Gasteiger partial charge in [-0.05, 0) is 76.6 Å². The van der Waals surface area contributed by atoms with Gasteiger partial charge in [0.2, 0.25) is 0 Å². The molecule has 6 rings (SSSR count). The summed E-state index contributed by atoms with van der Waals surface area (Å²) < 4.78 is 5.72. The van der Waals surface area contributed by atoms with Crippen LogP contribution in [0.4, 0.5) is 5.69 Å². The molecule has 1 heterocycles. The van der Waals surface area contributed by atoms with E-state index in [2.05, 4.69) is 32.2 Å². The second-order valence-electron chi connectivity index (χ2n) is 12.2. The maximum atomic E-state index is 13.9. The van der Waals surface area contributed by atoms with Crippen molar-refractivity contribution in [2.75, 3.05) is 11.9 Å². The molecule has 1 aromatic heterocycles. The molecular formula is C37H33ClN2O3. The smallest absolute Gasteiger partial charge is 0.339 e. The summed E-state index contributed by atoms with van der Waals surface area (Å²) in [4.78, 5) is 32.0. The van der Waals surface area contributed by atoms with E-state index in [1.165, 1.54) is 0 Å². The highest BCUT2D eigenvalue weighted by atomic mass is 35.5. The minimum absolute atomic E-state index is 0.0120. The number of benzene rings is 4. The van der Waals surface area contributed by atoms with E-state index in [0.717, 1.165) is 45.0 Å². The molecule has 6 heteroatoms. The third-order valence-electron chi connectivity index (χ3n) is 8.25. The lowest BCUT2D eigenvalue weighted by molar-refractivity contribution is -0.119. The largest absolute Gasteiger partial charge is 0.452 e. The van der Waals surface area contributed by atoms with E-state index in [4.69, 9.17) is 21.3 Å². The summed E-state index contributed by atoms with van der Waals surface area (Å²) in [6.07, 6.45) is 3.65. The maximum absolute atomic E-state index is 13.9. The van der Waals surface area contributed by atoms with Crippen LogP contribution in [0.2, 0.25) is 5.02 Å². The van der Waals surface area contributed by atoms with Crippen LogP contribution in [0.5, 0.6) is 0 Å². The Hall–Kier alpha value is -4.48. The van der Waals surface area contributed by atoms with Crippen LogP contribution in [0.1, 0.15) is 54.4 Å². The van der Waals surface area contributed by atoms with Gasteiger partial charge in [-0.2, -0.15) is 0 Å². The second kappa shape index (κ2) is 11.7. The Balaban J connectivity index is 1.36. The second-order valence-corrected chi connectivity index (χ2v) is 12.6. The van der Waals surface area contributed by atoms with E-state index in [0.29, 0.717) is 28.2 Å². The van der Waals surface area contributed by atoms with Gasteiger partial charge in [-0.15, -0.1) is 0 Å². The highest BCUT2D eigenvalue weighted by Gasteiger charge is 2.35. The summed E-state index contributed by atoms with van der Waals surface area (Å²) in [6, 6.07) is 28.9. The quantitative estimate of drug-likeness (QED) is 0.208. The summed E-state index contributed by atoms with van der Waals surface area (Å²) >= 11 is 6.15. The molecule has 1 unspecified atom stereocenters. The molecule has 1 aliphatic rings. The molecule has 0 bridgehead atoms. The third kappa shape index (κ3) is 6.04. The van der Waals surface area contributed by atoms with Gasteiger partial charge >= 0.3 is 5.97 Å². The molecule has 1 aliphatic carbocycles. The first kappa shape index (κ1) is 28.6. The number of pyridine rings is 1. The summed E-state index contributed by atoms with van der Waals surface area (Å²) in [6.45, 7) is 6.29. The van der Waals surface area contributed by atoms with Gasteiger partial charge in [-0.1, -0.05) is 99.1 Å². The molecule has 43 heavy (non-hydrogen) atoms. The third-order valence-corrected chi connectivity index (χ3v) is 8.50. The Bertz CT molecular complexity index is 1880. The number of nitrogens with one attached hydrogen (secondary N) is 1.